The molecule has 0 aliphatic carbocycles. The first-order chi connectivity index (χ1) is 7.56. The number of hydrogen-bond donors (Lipinski definition) is 2. The fourth-order valence-corrected chi connectivity index (χ4v) is 3.50. The maximum atomic E-state index is 11.5. The third-order valence-electron chi connectivity index (χ3n) is 2.77. The lowest BCUT2D eigenvalue weighted by Crippen LogP contribution is -2.41. The largest absolute Gasteiger partial charge is 0.338 e. The van der Waals surface area contributed by atoms with Crippen LogP contribution in [0.3, 0.4) is 0 Å². The van der Waals surface area contributed by atoms with E-state index >= 15 is 0 Å². The molecular formula is C10H20N2O3S. The summed E-state index contributed by atoms with van der Waals surface area (Å²) in [6, 6.07) is -0.268. The van der Waals surface area contributed by atoms with Crippen LogP contribution >= 0.6 is 0 Å². The van der Waals surface area contributed by atoms with Crippen LogP contribution in [-0.2, 0) is 9.84 Å². The second-order valence-electron chi connectivity index (χ2n) is 4.12. The molecular weight excluding hydrogens is 228 g/mol. The molecule has 1 aliphatic heterocycles. The van der Waals surface area contributed by atoms with Crippen molar-refractivity contribution in [2.24, 2.45) is 0 Å². The molecule has 1 atom stereocenters. The van der Waals surface area contributed by atoms with Gasteiger partial charge in [0.25, 0.3) is 0 Å². The summed E-state index contributed by atoms with van der Waals surface area (Å²) in [5, 5.41) is 4.92. The van der Waals surface area contributed by atoms with Gasteiger partial charge >= 0.3 is 6.03 Å². The Morgan fingerprint density at radius 1 is 1.38 bits per heavy atom. The van der Waals surface area contributed by atoms with Crippen LogP contribution in [0.25, 0.3) is 0 Å². The van der Waals surface area contributed by atoms with Crippen LogP contribution in [0.4, 0.5) is 4.79 Å². The van der Waals surface area contributed by atoms with Crippen molar-refractivity contribution in [1.82, 2.24) is 10.6 Å². The van der Waals surface area contributed by atoms with Gasteiger partial charge in [0.1, 0.15) is 0 Å². The molecule has 5 nitrogen and oxygen atoms in total. The first kappa shape index (κ1) is 13.3. The summed E-state index contributed by atoms with van der Waals surface area (Å²) in [5.74, 6) is 0.261. The molecule has 0 aromatic rings. The molecule has 6 heteroatoms. The van der Waals surface area contributed by atoms with Crippen molar-refractivity contribution in [3.05, 3.63) is 0 Å². The summed E-state index contributed by atoms with van der Waals surface area (Å²) < 4.78 is 22.9. The second kappa shape index (κ2) is 6.08. The Balaban J connectivity index is 2.21. The van der Waals surface area contributed by atoms with E-state index in [1.54, 1.807) is 0 Å². The van der Waals surface area contributed by atoms with Crippen molar-refractivity contribution in [2.45, 2.75) is 37.9 Å². The average molecular weight is 248 g/mol. The summed E-state index contributed by atoms with van der Waals surface area (Å²) in [7, 11) is -2.95. The lowest BCUT2D eigenvalue weighted by molar-refractivity contribution is 0.240. The molecule has 0 unspecified atom stereocenters. The molecule has 0 radical (unpaired) electrons. The molecule has 0 aromatic carbocycles. The number of hydrogen-bond acceptors (Lipinski definition) is 3. The van der Waals surface area contributed by atoms with Gasteiger partial charge in [-0.15, -0.1) is 0 Å². The number of unbranched alkanes of at least 4 members (excludes halogenated alkanes) is 1. The molecule has 0 saturated carbocycles. The van der Waals surface area contributed by atoms with Gasteiger partial charge in [-0.3, -0.25) is 0 Å². The first-order valence-corrected chi connectivity index (χ1v) is 7.51. The monoisotopic (exact) mass is 248 g/mol. The normalized spacial score (nSPS) is 22.9. The van der Waals surface area contributed by atoms with E-state index < -0.39 is 9.84 Å². The van der Waals surface area contributed by atoms with Crippen molar-refractivity contribution >= 4 is 15.9 Å². The number of amides is 2. The summed E-state index contributed by atoms with van der Waals surface area (Å²) in [6.45, 7) is 2.92. The van der Waals surface area contributed by atoms with E-state index in [1.165, 1.54) is 0 Å². The van der Waals surface area contributed by atoms with Crippen LogP contribution in [0.2, 0.25) is 0 Å². The van der Waals surface area contributed by atoms with Crippen LogP contribution in [-0.4, -0.2) is 38.5 Å². The van der Waals surface area contributed by atoms with E-state index in [2.05, 4.69) is 10.6 Å². The average Bonchev–Trinajstić information content (AvgIpc) is 2.55. The summed E-state index contributed by atoms with van der Waals surface area (Å²) in [6.07, 6.45) is 3.34. The molecule has 2 N–H and O–H groups in total. The zero-order chi connectivity index (χ0) is 12.0. The molecule has 0 spiro atoms. The third kappa shape index (κ3) is 4.00. The van der Waals surface area contributed by atoms with Crippen molar-refractivity contribution in [1.29, 1.82) is 0 Å². The minimum Gasteiger partial charge on any atom is -0.338 e. The second-order valence-corrected chi connectivity index (χ2v) is 6.52. The van der Waals surface area contributed by atoms with Gasteiger partial charge in [-0.1, -0.05) is 13.3 Å². The Morgan fingerprint density at radius 2 is 2.12 bits per heavy atom. The summed E-state index contributed by atoms with van der Waals surface area (Å²) in [4.78, 5) is 11.3. The van der Waals surface area contributed by atoms with E-state index in [4.69, 9.17) is 0 Å². The lowest BCUT2D eigenvalue weighted by atomic mass is 10.2. The van der Waals surface area contributed by atoms with Crippen LogP contribution in [0.5, 0.6) is 0 Å². The molecule has 1 aliphatic rings. The highest BCUT2D eigenvalue weighted by Gasteiger charge is 2.31. The van der Waals surface area contributed by atoms with Gasteiger partial charge in [-0.2, -0.15) is 0 Å². The number of nitrogens with one attached hydrogen (secondary N) is 2. The zero-order valence-electron chi connectivity index (χ0n) is 9.66. The number of urea groups is 1. The quantitative estimate of drug-likeness (QED) is 0.702. The van der Waals surface area contributed by atoms with Crippen LogP contribution in [0, 0.1) is 0 Å². The smallest absolute Gasteiger partial charge is 0.314 e. The molecule has 2 amide bonds. The van der Waals surface area contributed by atoms with Crippen LogP contribution < -0.4 is 10.6 Å². The van der Waals surface area contributed by atoms with Gasteiger partial charge in [0.05, 0.1) is 11.0 Å². The maximum absolute atomic E-state index is 11.5. The highest BCUT2D eigenvalue weighted by Crippen LogP contribution is 2.18. The molecule has 16 heavy (non-hydrogen) atoms. The van der Waals surface area contributed by atoms with Gasteiger partial charge in [0, 0.05) is 13.1 Å². The van der Waals surface area contributed by atoms with Gasteiger partial charge < -0.3 is 10.6 Å². The van der Waals surface area contributed by atoms with Crippen molar-refractivity contribution in [3.8, 4) is 0 Å². The predicted octanol–water partition coefficient (Wildman–Crippen LogP) is 0.663. The Labute approximate surface area is 96.9 Å². The minimum atomic E-state index is -2.95. The Kier molecular flexibility index (Phi) is 5.05. The van der Waals surface area contributed by atoms with Gasteiger partial charge in [-0.05, 0) is 19.3 Å². The molecule has 1 saturated heterocycles. The van der Waals surface area contributed by atoms with E-state index in [0.29, 0.717) is 19.4 Å². The number of sulfone groups is 1. The number of rotatable bonds is 5. The zero-order valence-corrected chi connectivity index (χ0v) is 10.5. The van der Waals surface area contributed by atoms with Crippen molar-refractivity contribution in [3.63, 3.8) is 0 Å². The minimum absolute atomic E-state index is 0.236. The van der Waals surface area contributed by atoms with Gasteiger partial charge in [0.2, 0.25) is 0 Å². The molecule has 0 bridgehead atoms. The SMILES string of the molecule is CCCCNC(=O)NC[C@H]1CCCS1(=O)=O. The highest BCUT2D eigenvalue weighted by molar-refractivity contribution is 7.92. The topological polar surface area (TPSA) is 75.3 Å². The van der Waals surface area contributed by atoms with E-state index in [-0.39, 0.29) is 23.6 Å². The van der Waals surface area contributed by atoms with Gasteiger partial charge in [-0.25, -0.2) is 13.2 Å². The third-order valence-corrected chi connectivity index (χ3v) is 5.04. The molecule has 0 aromatic heterocycles. The molecule has 1 rings (SSSR count). The Hall–Kier alpha value is -0.780. The van der Waals surface area contributed by atoms with E-state index in [0.717, 1.165) is 12.8 Å². The molecule has 1 fully saturated rings. The fourth-order valence-electron chi connectivity index (χ4n) is 1.74. The number of carbonyl (C=O) groups is 1. The Bertz CT molecular complexity index is 327. The first-order valence-electron chi connectivity index (χ1n) is 5.79. The summed E-state index contributed by atoms with van der Waals surface area (Å²) >= 11 is 0. The van der Waals surface area contributed by atoms with Crippen LogP contribution in [0.15, 0.2) is 0 Å². The standard InChI is InChI=1S/C10H20N2O3S/c1-2-3-6-11-10(13)12-8-9-5-4-7-16(9,14)15/h9H,2-8H2,1H3,(H2,11,12,13)/t9-/m1/s1. The van der Waals surface area contributed by atoms with E-state index in [9.17, 15) is 13.2 Å². The van der Waals surface area contributed by atoms with Gasteiger partial charge in [0.15, 0.2) is 9.84 Å². The number of carbonyl (C=O) groups excluding carboxylic acids is 1. The van der Waals surface area contributed by atoms with Crippen LogP contribution in [0.1, 0.15) is 32.6 Å². The lowest BCUT2D eigenvalue weighted by Gasteiger charge is -2.11. The fraction of sp³-hybridized carbons (Fsp3) is 0.900. The highest BCUT2D eigenvalue weighted by atomic mass is 32.2. The van der Waals surface area contributed by atoms with Crippen molar-refractivity contribution in [2.75, 3.05) is 18.8 Å². The van der Waals surface area contributed by atoms with E-state index in [1.807, 2.05) is 6.92 Å². The molecule has 94 valence electrons. The van der Waals surface area contributed by atoms with Crippen molar-refractivity contribution < 1.29 is 13.2 Å². The predicted molar refractivity (Wildman–Crippen MR) is 63.1 cm³/mol. The molecule has 1 heterocycles. The summed E-state index contributed by atoms with van der Waals surface area (Å²) in [5.41, 5.74) is 0. The Morgan fingerprint density at radius 3 is 2.69 bits per heavy atom. The maximum Gasteiger partial charge on any atom is 0.314 e.